The number of nitrogens with one attached hydrogen (secondary N) is 2. The molecule has 5 nitrogen and oxygen atoms in total. The molecule has 0 fully saturated rings. The summed E-state index contributed by atoms with van der Waals surface area (Å²) in [6.45, 7) is 5.44. The molecular weight excluding hydrogens is 274 g/mol. The lowest BCUT2D eigenvalue weighted by Crippen LogP contribution is -2.34. The third-order valence-electron chi connectivity index (χ3n) is 3.11. The van der Waals surface area contributed by atoms with Crippen LogP contribution in [0.4, 0.5) is 5.69 Å². The van der Waals surface area contributed by atoms with Gasteiger partial charge in [0.15, 0.2) is 0 Å². The molecule has 0 aromatic heterocycles. The average Bonchev–Trinajstić information content (AvgIpc) is 2.38. The van der Waals surface area contributed by atoms with Gasteiger partial charge in [-0.15, -0.1) is 0 Å². The second-order valence-corrected chi connectivity index (χ2v) is 6.94. The normalized spacial score (nSPS) is 12.1. The van der Waals surface area contributed by atoms with Crippen molar-refractivity contribution in [2.75, 3.05) is 31.9 Å². The first-order valence-corrected chi connectivity index (χ1v) is 8.29. The molecule has 0 amide bonds. The first kappa shape index (κ1) is 16.9. The zero-order valence-electron chi connectivity index (χ0n) is 12.7. The summed E-state index contributed by atoms with van der Waals surface area (Å²) in [5.41, 5.74) is 1.72. The maximum absolute atomic E-state index is 12.2. The first-order chi connectivity index (χ1) is 9.36. The molecule has 0 spiro atoms. The van der Waals surface area contributed by atoms with Crippen LogP contribution in [-0.2, 0) is 10.2 Å². The molecule has 6 heteroatoms. The number of benzene rings is 1. The van der Waals surface area contributed by atoms with Crippen molar-refractivity contribution in [1.82, 2.24) is 9.62 Å². The van der Waals surface area contributed by atoms with E-state index in [1.165, 1.54) is 4.31 Å². The largest absolute Gasteiger partial charge is 0.320 e. The molecule has 0 aliphatic heterocycles. The topological polar surface area (TPSA) is 61.4 Å². The van der Waals surface area contributed by atoms with Crippen LogP contribution in [0.3, 0.4) is 0 Å². The van der Waals surface area contributed by atoms with Gasteiger partial charge in [-0.3, -0.25) is 4.72 Å². The van der Waals surface area contributed by atoms with Crippen LogP contribution in [0.15, 0.2) is 24.3 Å². The fourth-order valence-corrected chi connectivity index (χ4v) is 2.74. The second kappa shape index (κ2) is 7.61. The first-order valence-electron chi connectivity index (χ1n) is 6.85. The maximum Gasteiger partial charge on any atom is 0.301 e. The Morgan fingerprint density at radius 1 is 1.30 bits per heavy atom. The zero-order chi connectivity index (χ0) is 15.2. The molecule has 0 aliphatic carbocycles. The van der Waals surface area contributed by atoms with Crippen molar-refractivity contribution >= 4 is 15.9 Å². The molecule has 0 atom stereocenters. The minimum atomic E-state index is -3.48. The monoisotopic (exact) mass is 299 g/mol. The predicted octanol–water partition coefficient (Wildman–Crippen LogP) is 2.01. The quantitative estimate of drug-likeness (QED) is 0.722. The van der Waals surface area contributed by atoms with Gasteiger partial charge in [0.1, 0.15) is 0 Å². The van der Waals surface area contributed by atoms with Gasteiger partial charge in [0, 0.05) is 13.6 Å². The average molecular weight is 299 g/mol. The van der Waals surface area contributed by atoms with E-state index < -0.39 is 10.2 Å². The molecular formula is C14H25N3O2S. The standard InChI is InChI=1S/C14H25N3O2S/c1-12(2)13-7-5-8-14(11-13)16-20(18,19)17(4)10-6-9-15-3/h5,7-8,11-12,15-16H,6,9-10H2,1-4H3. The van der Waals surface area contributed by atoms with E-state index in [0.717, 1.165) is 18.5 Å². The van der Waals surface area contributed by atoms with E-state index in [-0.39, 0.29) is 0 Å². The summed E-state index contributed by atoms with van der Waals surface area (Å²) < 4.78 is 28.3. The molecule has 114 valence electrons. The van der Waals surface area contributed by atoms with E-state index in [1.54, 1.807) is 13.1 Å². The summed E-state index contributed by atoms with van der Waals surface area (Å²) in [5.74, 6) is 0.368. The minimum absolute atomic E-state index is 0.368. The molecule has 20 heavy (non-hydrogen) atoms. The third-order valence-corrected chi connectivity index (χ3v) is 4.61. The van der Waals surface area contributed by atoms with Crippen LogP contribution in [0.5, 0.6) is 0 Å². The summed E-state index contributed by atoms with van der Waals surface area (Å²) in [6.07, 6.45) is 0.778. The summed E-state index contributed by atoms with van der Waals surface area (Å²) in [6, 6.07) is 7.52. The Morgan fingerprint density at radius 2 is 2.00 bits per heavy atom. The number of hydrogen-bond acceptors (Lipinski definition) is 3. The van der Waals surface area contributed by atoms with Crippen LogP contribution < -0.4 is 10.0 Å². The van der Waals surface area contributed by atoms with Gasteiger partial charge < -0.3 is 5.32 Å². The Balaban J connectivity index is 2.72. The number of nitrogens with zero attached hydrogens (tertiary/aromatic N) is 1. The minimum Gasteiger partial charge on any atom is -0.320 e. The Kier molecular flexibility index (Phi) is 6.45. The molecule has 0 unspecified atom stereocenters. The van der Waals surface area contributed by atoms with Gasteiger partial charge in [-0.2, -0.15) is 12.7 Å². The van der Waals surface area contributed by atoms with Crippen molar-refractivity contribution in [3.05, 3.63) is 29.8 Å². The third kappa shape index (κ3) is 5.11. The Hall–Kier alpha value is -1.11. The van der Waals surface area contributed by atoms with Crippen molar-refractivity contribution in [2.24, 2.45) is 0 Å². The van der Waals surface area contributed by atoms with E-state index >= 15 is 0 Å². The lowest BCUT2D eigenvalue weighted by molar-refractivity contribution is 0.462. The Morgan fingerprint density at radius 3 is 2.60 bits per heavy atom. The van der Waals surface area contributed by atoms with Crippen LogP contribution in [0.2, 0.25) is 0 Å². The van der Waals surface area contributed by atoms with Gasteiger partial charge in [0.25, 0.3) is 0 Å². The van der Waals surface area contributed by atoms with Gasteiger partial charge in [0.2, 0.25) is 0 Å². The maximum atomic E-state index is 12.2. The van der Waals surface area contributed by atoms with Crippen LogP contribution in [0.1, 0.15) is 31.7 Å². The van der Waals surface area contributed by atoms with Gasteiger partial charge in [-0.25, -0.2) is 0 Å². The molecule has 0 heterocycles. The summed E-state index contributed by atoms with van der Waals surface area (Å²) in [4.78, 5) is 0. The Bertz CT molecular complexity index is 515. The summed E-state index contributed by atoms with van der Waals surface area (Å²) >= 11 is 0. The van der Waals surface area contributed by atoms with Crippen molar-refractivity contribution < 1.29 is 8.42 Å². The van der Waals surface area contributed by atoms with Crippen LogP contribution in [0.25, 0.3) is 0 Å². The second-order valence-electron chi connectivity index (χ2n) is 5.17. The fraction of sp³-hybridized carbons (Fsp3) is 0.571. The highest BCUT2D eigenvalue weighted by Gasteiger charge is 2.17. The van der Waals surface area contributed by atoms with Gasteiger partial charge in [0.05, 0.1) is 5.69 Å². The smallest absolute Gasteiger partial charge is 0.301 e. The van der Waals surface area contributed by atoms with Crippen molar-refractivity contribution in [2.45, 2.75) is 26.2 Å². The molecule has 1 rings (SSSR count). The van der Waals surface area contributed by atoms with Gasteiger partial charge >= 0.3 is 10.2 Å². The SMILES string of the molecule is CNCCCN(C)S(=O)(=O)Nc1cccc(C(C)C)c1. The van der Waals surface area contributed by atoms with E-state index in [2.05, 4.69) is 23.9 Å². The molecule has 0 aliphatic rings. The van der Waals surface area contributed by atoms with E-state index in [0.29, 0.717) is 18.2 Å². The number of anilines is 1. The van der Waals surface area contributed by atoms with Gasteiger partial charge in [-0.05, 0) is 43.6 Å². The highest BCUT2D eigenvalue weighted by atomic mass is 32.2. The summed E-state index contributed by atoms with van der Waals surface area (Å²) in [7, 11) is -0.0418. The molecule has 1 aromatic carbocycles. The van der Waals surface area contributed by atoms with Crippen molar-refractivity contribution in [3.8, 4) is 0 Å². The van der Waals surface area contributed by atoms with E-state index in [9.17, 15) is 8.42 Å². The van der Waals surface area contributed by atoms with Gasteiger partial charge in [-0.1, -0.05) is 26.0 Å². The zero-order valence-corrected chi connectivity index (χ0v) is 13.5. The predicted molar refractivity (Wildman–Crippen MR) is 84.2 cm³/mol. The highest BCUT2D eigenvalue weighted by molar-refractivity contribution is 7.90. The lowest BCUT2D eigenvalue weighted by Gasteiger charge is -2.18. The van der Waals surface area contributed by atoms with Crippen molar-refractivity contribution in [3.63, 3.8) is 0 Å². The number of hydrogen-bond donors (Lipinski definition) is 2. The van der Waals surface area contributed by atoms with Crippen LogP contribution in [-0.4, -0.2) is 39.9 Å². The molecule has 0 bridgehead atoms. The lowest BCUT2D eigenvalue weighted by atomic mass is 10.0. The molecule has 0 saturated heterocycles. The van der Waals surface area contributed by atoms with Crippen LogP contribution in [0, 0.1) is 0 Å². The van der Waals surface area contributed by atoms with Crippen LogP contribution >= 0.6 is 0 Å². The molecule has 2 N–H and O–H groups in total. The highest BCUT2D eigenvalue weighted by Crippen LogP contribution is 2.19. The molecule has 0 saturated carbocycles. The molecule has 1 aromatic rings. The molecule has 0 radical (unpaired) electrons. The summed E-state index contributed by atoms with van der Waals surface area (Å²) in [5, 5.41) is 3.00. The van der Waals surface area contributed by atoms with E-state index in [1.807, 2.05) is 25.2 Å². The van der Waals surface area contributed by atoms with Crippen molar-refractivity contribution in [1.29, 1.82) is 0 Å². The fourth-order valence-electron chi connectivity index (χ4n) is 1.79. The van der Waals surface area contributed by atoms with E-state index in [4.69, 9.17) is 0 Å². The number of rotatable bonds is 8. The Labute approximate surface area is 122 Å².